The first-order chi connectivity index (χ1) is 11.7. The molecule has 0 aliphatic carbocycles. The molecule has 1 atom stereocenters. The number of benzene rings is 1. The Balaban J connectivity index is 2.31. The fourth-order valence-corrected chi connectivity index (χ4v) is 4.15. The lowest BCUT2D eigenvalue weighted by Crippen LogP contribution is -2.09. The Morgan fingerprint density at radius 1 is 1.08 bits per heavy atom. The Morgan fingerprint density at radius 3 is 2.20 bits per heavy atom. The summed E-state index contributed by atoms with van der Waals surface area (Å²) < 4.78 is 5.84. The molecule has 25 heavy (non-hydrogen) atoms. The minimum absolute atomic E-state index is 0.173. The van der Waals surface area contributed by atoms with Crippen molar-refractivity contribution < 1.29 is 4.74 Å². The van der Waals surface area contributed by atoms with Crippen molar-refractivity contribution >= 4 is 23.2 Å². The van der Waals surface area contributed by atoms with Gasteiger partial charge >= 0.3 is 0 Å². The van der Waals surface area contributed by atoms with Crippen LogP contribution in [0.2, 0.25) is 10.0 Å². The van der Waals surface area contributed by atoms with Crippen LogP contribution in [0.15, 0.2) is 18.3 Å². The molecule has 1 unspecified atom stereocenters. The van der Waals surface area contributed by atoms with Crippen LogP contribution in [0.4, 0.5) is 0 Å². The highest BCUT2D eigenvalue weighted by Crippen LogP contribution is 2.33. The van der Waals surface area contributed by atoms with Crippen molar-refractivity contribution in [1.82, 2.24) is 4.98 Å². The molecule has 0 radical (unpaired) electrons. The van der Waals surface area contributed by atoms with Crippen LogP contribution < -0.4 is 4.74 Å². The summed E-state index contributed by atoms with van der Waals surface area (Å²) in [7, 11) is 0. The van der Waals surface area contributed by atoms with Crippen molar-refractivity contribution in [3.8, 4) is 5.75 Å². The maximum absolute atomic E-state index is 6.54. The molecule has 2 aromatic rings. The van der Waals surface area contributed by atoms with Crippen molar-refractivity contribution in [2.75, 3.05) is 0 Å². The third-order valence-electron chi connectivity index (χ3n) is 4.43. The van der Waals surface area contributed by atoms with Crippen molar-refractivity contribution in [1.29, 1.82) is 0 Å². The number of aromatic nitrogens is 1. The SMILES string of the molecule is CCc1c(Cl)cnc(CC(C)c2c(C)cc(OC(C)C)cc2C)c1Cl. The molecular weight excluding hydrogens is 353 g/mol. The lowest BCUT2D eigenvalue weighted by Gasteiger charge is -2.21. The largest absolute Gasteiger partial charge is 0.491 e. The number of nitrogens with zero attached hydrogens (tertiary/aromatic N) is 1. The van der Waals surface area contributed by atoms with E-state index in [1.165, 1.54) is 16.7 Å². The average Bonchev–Trinajstić information content (AvgIpc) is 2.49. The van der Waals surface area contributed by atoms with E-state index in [0.717, 1.165) is 29.8 Å². The van der Waals surface area contributed by atoms with Crippen molar-refractivity contribution in [3.05, 3.63) is 56.3 Å². The Morgan fingerprint density at radius 2 is 1.68 bits per heavy atom. The van der Waals surface area contributed by atoms with E-state index in [-0.39, 0.29) is 6.10 Å². The number of hydrogen-bond donors (Lipinski definition) is 0. The summed E-state index contributed by atoms with van der Waals surface area (Å²) in [6, 6.07) is 4.24. The molecule has 0 bridgehead atoms. The molecule has 0 aliphatic heterocycles. The second-order valence-corrected chi connectivity index (χ2v) is 7.73. The van der Waals surface area contributed by atoms with Crippen LogP contribution in [-0.2, 0) is 12.8 Å². The van der Waals surface area contributed by atoms with Crippen LogP contribution in [0, 0.1) is 13.8 Å². The van der Waals surface area contributed by atoms with Gasteiger partial charge in [0, 0.05) is 6.20 Å². The van der Waals surface area contributed by atoms with E-state index in [0.29, 0.717) is 16.0 Å². The van der Waals surface area contributed by atoms with Gasteiger partial charge < -0.3 is 4.74 Å². The van der Waals surface area contributed by atoms with Crippen LogP contribution in [0.25, 0.3) is 0 Å². The van der Waals surface area contributed by atoms with Crippen molar-refractivity contribution in [3.63, 3.8) is 0 Å². The summed E-state index contributed by atoms with van der Waals surface area (Å²) in [6.45, 7) is 12.6. The first-order valence-corrected chi connectivity index (χ1v) is 9.59. The molecule has 0 amide bonds. The molecule has 1 heterocycles. The Hall–Kier alpha value is -1.25. The smallest absolute Gasteiger partial charge is 0.120 e. The molecule has 0 N–H and O–H groups in total. The van der Waals surface area contributed by atoms with Gasteiger partial charge in [0.05, 0.1) is 21.8 Å². The molecule has 0 saturated heterocycles. The highest BCUT2D eigenvalue weighted by molar-refractivity contribution is 6.36. The highest BCUT2D eigenvalue weighted by atomic mass is 35.5. The van der Waals surface area contributed by atoms with Crippen LogP contribution >= 0.6 is 23.2 Å². The van der Waals surface area contributed by atoms with Gasteiger partial charge in [-0.3, -0.25) is 4.98 Å². The first kappa shape index (κ1) is 20.1. The number of halogens is 2. The summed E-state index contributed by atoms with van der Waals surface area (Å²) in [6.07, 6.45) is 3.48. The van der Waals surface area contributed by atoms with Crippen molar-refractivity contribution in [2.24, 2.45) is 0 Å². The summed E-state index contributed by atoms with van der Waals surface area (Å²) in [5.74, 6) is 1.24. The maximum Gasteiger partial charge on any atom is 0.120 e. The Kier molecular flexibility index (Phi) is 6.76. The van der Waals surface area contributed by atoms with E-state index in [1.54, 1.807) is 6.20 Å². The monoisotopic (exact) mass is 379 g/mol. The second-order valence-electron chi connectivity index (χ2n) is 6.94. The number of hydrogen-bond acceptors (Lipinski definition) is 2. The molecule has 0 spiro atoms. The van der Waals surface area contributed by atoms with Gasteiger partial charge in [0.2, 0.25) is 0 Å². The van der Waals surface area contributed by atoms with Gasteiger partial charge in [0.15, 0.2) is 0 Å². The van der Waals surface area contributed by atoms with Gasteiger partial charge in [-0.2, -0.15) is 0 Å². The van der Waals surface area contributed by atoms with Crippen LogP contribution in [-0.4, -0.2) is 11.1 Å². The van der Waals surface area contributed by atoms with E-state index in [9.17, 15) is 0 Å². The zero-order valence-corrected chi connectivity index (χ0v) is 17.4. The van der Waals surface area contributed by atoms with Crippen LogP contribution in [0.5, 0.6) is 5.75 Å². The lowest BCUT2D eigenvalue weighted by molar-refractivity contribution is 0.242. The van der Waals surface area contributed by atoms with E-state index in [1.807, 2.05) is 13.8 Å². The average molecular weight is 380 g/mol. The third-order valence-corrected chi connectivity index (χ3v) is 5.20. The second kappa shape index (κ2) is 8.42. The molecule has 1 aromatic carbocycles. The zero-order chi connectivity index (χ0) is 18.7. The van der Waals surface area contributed by atoms with Crippen molar-refractivity contribution in [2.45, 2.75) is 66.4 Å². The van der Waals surface area contributed by atoms with Gasteiger partial charge in [-0.25, -0.2) is 0 Å². The predicted molar refractivity (Wildman–Crippen MR) is 107 cm³/mol. The molecule has 2 nitrogen and oxygen atoms in total. The molecule has 2 rings (SSSR count). The highest BCUT2D eigenvalue weighted by Gasteiger charge is 2.18. The Labute approximate surface area is 161 Å². The summed E-state index contributed by atoms with van der Waals surface area (Å²) in [5, 5.41) is 1.35. The quantitative estimate of drug-likeness (QED) is 0.556. The molecular formula is C21H27Cl2NO. The number of rotatable bonds is 6. The molecule has 4 heteroatoms. The topological polar surface area (TPSA) is 22.1 Å². The minimum atomic E-state index is 0.173. The number of pyridine rings is 1. The Bertz CT molecular complexity index is 733. The van der Waals surface area contributed by atoms with Gasteiger partial charge in [-0.15, -0.1) is 0 Å². The van der Waals surface area contributed by atoms with Gasteiger partial charge in [-0.1, -0.05) is 37.0 Å². The molecule has 0 aliphatic rings. The van der Waals surface area contributed by atoms with E-state index < -0.39 is 0 Å². The molecule has 136 valence electrons. The lowest BCUT2D eigenvalue weighted by atomic mass is 9.88. The fraction of sp³-hybridized carbons (Fsp3) is 0.476. The fourth-order valence-electron chi connectivity index (χ4n) is 3.46. The van der Waals surface area contributed by atoms with E-state index >= 15 is 0 Å². The predicted octanol–water partition coefficient (Wildman–Crippen LogP) is 6.70. The zero-order valence-electron chi connectivity index (χ0n) is 15.9. The molecule has 0 fully saturated rings. The van der Waals surface area contributed by atoms with E-state index in [4.69, 9.17) is 27.9 Å². The standard InChI is InChI=1S/C21H27Cl2NO/c1-7-17-18(22)11-24-19(21(17)23)10-15(6)20-13(4)8-16(9-14(20)5)25-12(2)3/h8-9,11-12,15H,7,10H2,1-6H3. The number of ether oxygens (including phenoxy) is 1. The van der Waals surface area contributed by atoms with Crippen LogP contribution in [0.3, 0.4) is 0 Å². The van der Waals surface area contributed by atoms with Gasteiger partial charge in [-0.05, 0) is 80.8 Å². The number of aryl methyl sites for hydroxylation is 2. The maximum atomic E-state index is 6.54. The molecule has 1 aromatic heterocycles. The molecule has 0 saturated carbocycles. The third kappa shape index (κ3) is 4.68. The van der Waals surface area contributed by atoms with E-state index in [2.05, 4.69) is 44.8 Å². The summed E-state index contributed by atoms with van der Waals surface area (Å²) in [4.78, 5) is 4.48. The van der Waals surface area contributed by atoms with Crippen LogP contribution in [0.1, 0.15) is 61.6 Å². The summed E-state index contributed by atoms with van der Waals surface area (Å²) >= 11 is 12.7. The summed E-state index contributed by atoms with van der Waals surface area (Å²) in [5.41, 5.74) is 5.71. The van der Waals surface area contributed by atoms with Gasteiger partial charge in [0.1, 0.15) is 5.75 Å². The van der Waals surface area contributed by atoms with Gasteiger partial charge in [0.25, 0.3) is 0 Å². The minimum Gasteiger partial charge on any atom is -0.491 e. The normalized spacial score (nSPS) is 12.5. The first-order valence-electron chi connectivity index (χ1n) is 8.84.